The second-order valence-electron chi connectivity index (χ2n) is 4.82. The van der Waals surface area contributed by atoms with Crippen LogP contribution < -0.4 is 10.2 Å². The molecule has 0 amide bonds. The van der Waals surface area contributed by atoms with E-state index in [1.54, 1.807) is 11.3 Å². The van der Waals surface area contributed by atoms with E-state index in [0.717, 1.165) is 0 Å². The van der Waals surface area contributed by atoms with E-state index >= 15 is 0 Å². The van der Waals surface area contributed by atoms with Crippen molar-refractivity contribution in [3.63, 3.8) is 0 Å². The Morgan fingerprint density at radius 1 is 1.24 bits per heavy atom. The van der Waals surface area contributed by atoms with E-state index in [1.807, 2.05) is 7.05 Å². The molecular weight excluding hydrogens is 230 g/mol. The third kappa shape index (κ3) is 3.42. The van der Waals surface area contributed by atoms with Crippen LogP contribution in [0.3, 0.4) is 0 Å². The van der Waals surface area contributed by atoms with Crippen molar-refractivity contribution in [2.24, 2.45) is 0 Å². The number of nitrogens with one attached hydrogen (secondary N) is 1. The Kier molecular flexibility index (Phi) is 4.80. The van der Waals surface area contributed by atoms with Crippen LogP contribution in [0.1, 0.15) is 50.8 Å². The lowest BCUT2D eigenvalue weighted by Gasteiger charge is -2.24. The zero-order chi connectivity index (χ0) is 12.1. The van der Waals surface area contributed by atoms with Gasteiger partial charge in [0, 0.05) is 24.5 Å². The van der Waals surface area contributed by atoms with Gasteiger partial charge in [0.25, 0.3) is 0 Å². The summed E-state index contributed by atoms with van der Waals surface area (Å²) in [5.74, 6) is 0. The van der Waals surface area contributed by atoms with Gasteiger partial charge in [-0.05, 0) is 26.8 Å². The highest BCUT2D eigenvalue weighted by molar-refractivity contribution is 7.13. The molecule has 4 heteroatoms. The van der Waals surface area contributed by atoms with Crippen LogP contribution in [-0.2, 0) is 0 Å². The fourth-order valence-electron chi connectivity index (χ4n) is 2.21. The molecule has 96 valence electrons. The van der Waals surface area contributed by atoms with E-state index in [-0.39, 0.29) is 0 Å². The molecule has 2 heterocycles. The van der Waals surface area contributed by atoms with Crippen LogP contribution in [0.2, 0.25) is 0 Å². The van der Waals surface area contributed by atoms with Crippen molar-refractivity contribution < 1.29 is 0 Å². The van der Waals surface area contributed by atoms with E-state index in [9.17, 15) is 0 Å². The summed E-state index contributed by atoms with van der Waals surface area (Å²) in [6.45, 7) is 4.52. The standard InChI is InChI=1S/C13H23N3S/c1-11(14-2)12-10-17-13(15-12)16-8-6-4-3-5-7-9-16/h10-11,14H,3-9H2,1-2H3. The number of nitrogens with zero attached hydrogens (tertiary/aromatic N) is 2. The van der Waals surface area contributed by atoms with Gasteiger partial charge in [-0.1, -0.05) is 19.3 Å². The zero-order valence-electron chi connectivity index (χ0n) is 10.9. The highest BCUT2D eigenvalue weighted by Crippen LogP contribution is 2.25. The van der Waals surface area contributed by atoms with E-state index in [4.69, 9.17) is 4.98 Å². The smallest absolute Gasteiger partial charge is 0.185 e. The molecule has 0 spiro atoms. The molecule has 1 aromatic rings. The fraction of sp³-hybridized carbons (Fsp3) is 0.769. The minimum atomic E-state index is 0.356. The molecule has 1 aliphatic heterocycles. The summed E-state index contributed by atoms with van der Waals surface area (Å²) in [7, 11) is 1.99. The molecule has 3 nitrogen and oxygen atoms in total. The topological polar surface area (TPSA) is 28.2 Å². The molecule has 0 saturated carbocycles. The molecule has 1 saturated heterocycles. The third-order valence-electron chi connectivity index (χ3n) is 3.51. The molecule has 1 aliphatic rings. The number of thiazole rings is 1. The Hall–Kier alpha value is -0.610. The lowest BCUT2D eigenvalue weighted by atomic mass is 10.1. The minimum Gasteiger partial charge on any atom is -0.348 e. The van der Waals surface area contributed by atoms with Crippen LogP contribution in [-0.4, -0.2) is 25.1 Å². The summed E-state index contributed by atoms with van der Waals surface area (Å²) in [6, 6.07) is 0.356. The molecule has 1 fully saturated rings. The first-order valence-electron chi connectivity index (χ1n) is 6.69. The lowest BCUT2D eigenvalue weighted by molar-refractivity contribution is 0.554. The average molecular weight is 253 g/mol. The molecule has 0 aromatic carbocycles. The van der Waals surface area contributed by atoms with Crippen LogP contribution in [0.15, 0.2) is 5.38 Å². The van der Waals surface area contributed by atoms with E-state index in [2.05, 4.69) is 22.5 Å². The SMILES string of the molecule is CNC(C)c1csc(N2CCCCCCC2)n1. The highest BCUT2D eigenvalue weighted by Gasteiger charge is 2.14. The van der Waals surface area contributed by atoms with Crippen molar-refractivity contribution in [2.75, 3.05) is 25.0 Å². The van der Waals surface area contributed by atoms with Gasteiger partial charge in [0.05, 0.1) is 5.69 Å². The Bertz CT molecular complexity index is 329. The quantitative estimate of drug-likeness (QED) is 0.896. The van der Waals surface area contributed by atoms with Gasteiger partial charge in [0.2, 0.25) is 0 Å². The van der Waals surface area contributed by atoms with Gasteiger partial charge in [-0.25, -0.2) is 4.98 Å². The molecule has 17 heavy (non-hydrogen) atoms. The number of anilines is 1. The Morgan fingerprint density at radius 2 is 1.88 bits per heavy atom. The van der Waals surface area contributed by atoms with Crippen molar-refractivity contribution in [1.29, 1.82) is 0 Å². The van der Waals surface area contributed by atoms with Crippen molar-refractivity contribution in [2.45, 2.75) is 45.1 Å². The molecule has 1 unspecified atom stereocenters. The first kappa shape index (κ1) is 12.8. The van der Waals surface area contributed by atoms with Crippen LogP contribution in [0.25, 0.3) is 0 Å². The Labute approximate surface area is 108 Å². The predicted octanol–water partition coefficient (Wildman–Crippen LogP) is 3.19. The van der Waals surface area contributed by atoms with Gasteiger partial charge in [0.1, 0.15) is 0 Å². The molecule has 2 rings (SSSR count). The molecule has 0 radical (unpaired) electrons. The van der Waals surface area contributed by atoms with Gasteiger partial charge in [-0.3, -0.25) is 0 Å². The minimum absolute atomic E-state index is 0.356. The number of rotatable bonds is 3. The number of hydrogen-bond donors (Lipinski definition) is 1. The molecular formula is C13H23N3S. The Morgan fingerprint density at radius 3 is 2.53 bits per heavy atom. The number of hydrogen-bond acceptors (Lipinski definition) is 4. The van der Waals surface area contributed by atoms with E-state index in [1.165, 1.54) is 56.0 Å². The van der Waals surface area contributed by atoms with Gasteiger partial charge < -0.3 is 10.2 Å². The summed E-state index contributed by atoms with van der Waals surface area (Å²) in [5, 5.41) is 6.65. The maximum Gasteiger partial charge on any atom is 0.185 e. The molecule has 0 bridgehead atoms. The monoisotopic (exact) mass is 253 g/mol. The van der Waals surface area contributed by atoms with Crippen LogP contribution in [0, 0.1) is 0 Å². The van der Waals surface area contributed by atoms with E-state index in [0.29, 0.717) is 6.04 Å². The van der Waals surface area contributed by atoms with Crippen molar-refractivity contribution in [3.8, 4) is 0 Å². The van der Waals surface area contributed by atoms with E-state index < -0.39 is 0 Å². The second kappa shape index (κ2) is 6.36. The molecule has 1 aromatic heterocycles. The number of aromatic nitrogens is 1. The maximum atomic E-state index is 4.76. The average Bonchev–Trinajstić information content (AvgIpc) is 2.77. The van der Waals surface area contributed by atoms with Crippen LogP contribution in [0.5, 0.6) is 0 Å². The lowest BCUT2D eigenvalue weighted by Crippen LogP contribution is -2.27. The fourth-order valence-corrected chi connectivity index (χ4v) is 3.18. The maximum absolute atomic E-state index is 4.76. The molecule has 1 atom stereocenters. The highest BCUT2D eigenvalue weighted by atomic mass is 32.1. The third-order valence-corrected chi connectivity index (χ3v) is 4.43. The largest absolute Gasteiger partial charge is 0.348 e. The predicted molar refractivity (Wildman–Crippen MR) is 74.9 cm³/mol. The first-order valence-corrected chi connectivity index (χ1v) is 7.57. The summed E-state index contributed by atoms with van der Waals surface area (Å²) in [5.41, 5.74) is 1.18. The van der Waals surface area contributed by atoms with Gasteiger partial charge in [-0.2, -0.15) is 0 Å². The summed E-state index contributed by atoms with van der Waals surface area (Å²) >= 11 is 1.79. The normalized spacial score (nSPS) is 19.8. The van der Waals surface area contributed by atoms with Crippen molar-refractivity contribution in [1.82, 2.24) is 10.3 Å². The second-order valence-corrected chi connectivity index (χ2v) is 5.66. The van der Waals surface area contributed by atoms with Gasteiger partial charge in [0.15, 0.2) is 5.13 Å². The van der Waals surface area contributed by atoms with Gasteiger partial charge >= 0.3 is 0 Å². The Balaban J connectivity index is 2.01. The molecule has 0 aliphatic carbocycles. The van der Waals surface area contributed by atoms with Crippen LogP contribution >= 0.6 is 11.3 Å². The first-order chi connectivity index (χ1) is 8.31. The van der Waals surface area contributed by atoms with Crippen LogP contribution in [0.4, 0.5) is 5.13 Å². The summed E-state index contributed by atoms with van der Waals surface area (Å²) < 4.78 is 0. The molecule has 1 N–H and O–H groups in total. The van der Waals surface area contributed by atoms with Crippen molar-refractivity contribution in [3.05, 3.63) is 11.1 Å². The summed E-state index contributed by atoms with van der Waals surface area (Å²) in [6.07, 6.45) is 6.80. The van der Waals surface area contributed by atoms with Crippen molar-refractivity contribution >= 4 is 16.5 Å². The zero-order valence-corrected chi connectivity index (χ0v) is 11.7. The van der Waals surface area contributed by atoms with Gasteiger partial charge in [-0.15, -0.1) is 11.3 Å². The summed E-state index contributed by atoms with van der Waals surface area (Å²) in [4.78, 5) is 7.23.